The summed E-state index contributed by atoms with van der Waals surface area (Å²) in [6.45, 7) is 3.69. The van der Waals surface area contributed by atoms with Gasteiger partial charge < -0.3 is 9.47 Å². The van der Waals surface area contributed by atoms with Gasteiger partial charge in [-0.15, -0.1) is 0 Å². The molecule has 1 aromatic rings. The summed E-state index contributed by atoms with van der Waals surface area (Å²) in [5.74, 6) is 0. The van der Waals surface area contributed by atoms with Crippen molar-refractivity contribution in [2.24, 2.45) is 4.99 Å². The molecule has 2 rings (SSSR count). The van der Waals surface area contributed by atoms with Crippen molar-refractivity contribution in [3.63, 3.8) is 0 Å². The Labute approximate surface area is 107 Å². The largest absolute Gasteiger partial charge is 0.467 e. The van der Waals surface area contributed by atoms with E-state index in [1.165, 1.54) is 7.11 Å². The van der Waals surface area contributed by atoms with Crippen molar-refractivity contribution < 1.29 is 14.7 Å². The Morgan fingerprint density at radius 1 is 1.17 bits per heavy atom. The molecular weight excluding hydrogens is 232 g/mol. The third-order valence-electron chi connectivity index (χ3n) is 3.44. The second-order valence-electron chi connectivity index (χ2n) is 4.68. The first kappa shape index (κ1) is 12.9. The average Bonchev–Trinajstić information content (AvgIpc) is 2.60. The van der Waals surface area contributed by atoms with Crippen LogP contribution < -0.4 is 0 Å². The van der Waals surface area contributed by atoms with Gasteiger partial charge in [0, 0.05) is 12.7 Å². The van der Waals surface area contributed by atoms with Crippen LogP contribution >= 0.6 is 0 Å². The van der Waals surface area contributed by atoms with Crippen LogP contribution in [0.1, 0.15) is 19.4 Å². The van der Waals surface area contributed by atoms with Crippen molar-refractivity contribution in [3.05, 3.63) is 35.9 Å². The van der Waals surface area contributed by atoms with Crippen molar-refractivity contribution >= 4 is 6.02 Å². The van der Waals surface area contributed by atoms with E-state index in [0.717, 1.165) is 10.6 Å². The smallest absolute Gasteiger partial charge is 0.315 e. The minimum Gasteiger partial charge on any atom is -0.467 e. The van der Waals surface area contributed by atoms with Crippen molar-refractivity contribution in [3.8, 4) is 0 Å². The van der Waals surface area contributed by atoms with Crippen LogP contribution in [-0.2, 0) is 15.2 Å². The molecule has 1 atom stereocenters. The molecule has 1 aliphatic rings. The summed E-state index contributed by atoms with van der Waals surface area (Å²) in [4.78, 5) is 4.41. The predicted octanol–water partition coefficient (Wildman–Crippen LogP) is 1.97. The zero-order valence-corrected chi connectivity index (χ0v) is 11.0. The molecule has 18 heavy (non-hydrogen) atoms. The van der Waals surface area contributed by atoms with Crippen LogP contribution in [0.4, 0.5) is 0 Å². The van der Waals surface area contributed by atoms with Gasteiger partial charge in [-0.3, -0.25) is 5.21 Å². The highest BCUT2D eigenvalue weighted by molar-refractivity contribution is 5.77. The standard InChI is InChI=1S/C13H18N2O3/c1-12(2)13(18-4,10-8-6-5-7-9-10)14-11(17-3)15(12)16/h5-9,16H,1-4H3/t13-/m0/s1. The van der Waals surface area contributed by atoms with Crippen LogP contribution in [0.25, 0.3) is 0 Å². The molecule has 0 aromatic heterocycles. The van der Waals surface area contributed by atoms with E-state index in [9.17, 15) is 5.21 Å². The fourth-order valence-electron chi connectivity index (χ4n) is 2.33. The number of methoxy groups -OCH3 is 2. The molecule has 0 spiro atoms. The van der Waals surface area contributed by atoms with Crippen LogP contribution in [0.3, 0.4) is 0 Å². The van der Waals surface area contributed by atoms with Gasteiger partial charge in [0.15, 0.2) is 0 Å². The molecule has 1 N–H and O–H groups in total. The van der Waals surface area contributed by atoms with Gasteiger partial charge in [-0.1, -0.05) is 30.3 Å². The third kappa shape index (κ3) is 1.51. The number of amidine groups is 1. The first-order valence-corrected chi connectivity index (χ1v) is 5.73. The molecule has 0 radical (unpaired) electrons. The Bertz CT molecular complexity index is 459. The lowest BCUT2D eigenvalue weighted by molar-refractivity contribution is -0.179. The number of ether oxygens (including phenoxy) is 2. The van der Waals surface area contributed by atoms with E-state index in [2.05, 4.69) is 4.99 Å². The minimum atomic E-state index is -0.992. The lowest BCUT2D eigenvalue weighted by Crippen LogP contribution is -2.53. The predicted molar refractivity (Wildman–Crippen MR) is 67.3 cm³/mol. The second kappa shape index (κ2) is 4.26. The van der Waals surface area contributed by atoms with Crippen molar-refractivity contribution in [2.45, 2.75) is 25.1 Å². The average molecular weight is 250 g/mol. The first-order valence-electron chi connectivity index (χ1n) is 5.73. The number of hydrogen-bond acceptors (Lipinski definition) is 5. The summed E-state index contributed by atoms with van der Waals surface area (Å²) in [7, 11) is 3.04. The quantitative estimate of drug-likeness (QED) is 0.872. The van der Waals surface area contributed by atoms with Crippen molar-refractivity contribution in [2.75, 3.05) is 14.2 Å². The molecule has 1 heterocycles. The summed E-state index contributed by atoms with van der Waals surface area (Å²) in [6, 6.07) is 9.72. The highest BCUT2D eigenvalue weighted by atomic mass is 16.6. The molecule has 0 saturated heterocycles. The molecule has 1 aliphatic heterocycles. The van der Waals surface area contributed by atoms with E-state index in [4.69, 9.17) is 9.47 Å². The summed E-state index contributed by atoms with van der Waals surface area (Å²) in [5, 5.41) is 11.1. The van der Waals surface area contributed by atoms with E-state index in [0.29, 0.717) is 0 Å². The Balaban J connectivity index is 2.60. The topological polar surface area (TPSA) is 54.3 Å². The SMILES string of the molecule is COC1=N[C@](OC)(c2ccccc2)C(C)(C)N1O. The Kier molecular flexibility index (Phi) is 3.04. The summed E-state index contributed by atoms with van der Waals surface area (Å²) >= 11 is 0. The zero-order valence-electron chi connectivity index (χ0n) is 11.0. The molecule has 5 nitrogen and oxygen atoms in total. The number of hydroxylamine groups is 2. The minimum absolute atomic E-state index is 0.144. The summed E-state index contributed by atoms with van der Waals surface area (Å²) in [5.41, 5.74) is -0.897. The highest BCUT2D eigenvalue weighted by Gasteiger charge is 2.58. The number of benzene rings is 1. The van der Waals surface area contributed by atoms with Gasteiger partial charge in [0.2, 0.25) is 5.72 Å². The molecule has 0 fully saturated rings. The van der Waals surface area contributed by atoms with Gasteiger partial charge in [0.25, 0.3) is 0 Å². The first-order chi connectivity index (χ1) is 8.49. The number of nitrogens with zero attached hydrogens (tertiary/aromatic N) is 2. The van der Waals surface area contributed by atoms with E-state index in [1.54, 1.807) is 7.11 Å². The monoisotopic (exact) mass is 250 g/mol. The van der Waals surface area contributed by atoms with Crippen LogP contribution in [0.2, 0.25) is 0 Å². The van der Waals surface area contributed by atoms with Gasteiger partial charge in [0.1, 0.15) is 5.54 Å². The second-order valence-corrected chi connectivity index (χ2v) is 4.68. The molecule has 0 unspecified atom stereocenters. The Morgan fingerprint density at radius 3 is 2.22 bits per heavy atom. The lowest BCUT2D eigenvalue weighted by Gasteiger charge is -2.39. The molecule has 1 aromatic carbocycles. The molecule has 0 aliphatic carbocycles. The molecule has 5 heteroatoms. The van der Waals surface area contributed by atoms with E-state index < -0.39 is 11.3 Å². The zero-order chi connectivity index (χ0) is 13.4. The van der Waals surface area contributed by atoms with E-state index >= 15 is 0 Å². The molecule has 98 valence electrons. The Hall–Kier alpha value is -1.59. The maximum absolute atomic E-state index is 10.1. The molecular formula is C13H18N2O3. The van der Waals surface area contributed by atoms with Gasteiger partial charge in [-0.2, -0.15) is 10.1 Å². The van der Waals surface area contributed by atoms with Crippen LogP contribution in [0.15, 0.2) is 35.3 Å². The maximum Gasteiger partial charge on any atom is 0.315 e. The van der Waals surface area contributed by atoms with Crippen LogP contribution in [0.5, 0.6) is 0 Å². The van der Waals surface area contributed by atoms with E-state index in [1.807, 2.05) is 44.2 Å². The normalized spacial score (nSPS) is 26.1. The molecule has 0 saturated carbocycles. The van der Waals surface area contributed by atoms with E-state index in [-0.39, 0.29) is 6.02 Å². The third-order valence-corrected chi connectivity index (χ3v) is 3.44. The van der Waals surface area contributed by atoms with Crippen LogP contribution in [0, 0.1) is 0 Å². The van der Waals surface area contributed by atoms with Gasteiger partial charge in [-0.25, -0.2) is 0 Å². The number of rotatable bonds is 2. The fourth-order valence-corrected chi connectivity index (χ4v) is 2.33. The summed E-state index contributed by atoms with van der Waals surface area (Å²) in [6.07, 6.45) is 0. The van der Waals surface area contributed by atoms with Crippen molar-refractivity contribution in [1.82, 2.24) is 5.06 Å². The maximum atomic E-state index is 10.1. The summed E-state index contributed by atoms with van der Waals surface area (Å²) < 4.78 is 10.7. The fraction of sp³-hybridized carbons (Fsp3) is 0.462. The number of aliphatic imine (C=N–C) groups is 1. The van der Waals surface area contributed by atoms with Crippen molar-refractivity contribution in [1.29, 1.82) is 0 Å². The van der Waals surface area contributed by atoms with Gasteiger partial charge in [-0.05, 0) is 13.8 Å². The lowest BCUT2D eigenvalue weighted by atomic mass is 9.85. The molecule has 0 amide bonds. The highest BCUT2D eigenvalue weighted by Crippen LogP contribution is 2.45. The number of hydrogen-bond donors (Lipinski definition) is 1. The Morgan fingerprint density at radius 2 is 1.78 bits per heavy atom. The van der Waals surface area contributed by atoms with Crippen LogP contribution in [-0.4, -0.2) is 36.1 Å². The van der Waals surface area contributed by atoms with Gasteiger partial charge in [0.05, 0.1) is 7.11 Å². The molecule has 0 bridgehead atoms. The van der Waals surface area contributed by atoms with Gasteiger partial charge >= 0.3 is 6.02 Å².